The van der Waals surface area contributed by atoms with Crippen molar-refractivity contribution in [3.05, 3.63) is 103 Å². The Kier molecular flexibility index (Phi) is 3.75. The molecule has 0 radical (unpaired) electrons. The van der Waals surface area contributed by atoms with Crippen molar-refractivity contribution in [2.45, 2.75) is 4.94 Å². The second-order valence-corrected chi connectivity index (χ2v) is 18.2. The van der Waals surface area contributed by atoms with Gasteiger partial charge in [-0.15, -0.1) is 0 Å². The summed E-state index contributed by atoms with van der Waals surface area (Å²) in [5.74, 6) is 0. The van der Waals surface area contributed by atoms with Crippen LogP contribution in [0, 0.1) is 0 Å². The van der Waals surface area contributed by atoms with E-state index in [1.54, 1.807) is 10.7 Å². The Balaban J connectivity index is 1.85. The normalized spacial score (nSPS) is 13.9. The van der Waals surface area contributed by atoms with Gasteiger partial charge in [-0.1, -0.05) is 0 Å². The van der Waals surface area contributed by atoms with Crippen LogP contribution >= 0.6 is 0 Å². The Morgan fingerprint density at radius 3 is 1.35 bits per heavy atom. The maximum atomic E-state index is 2.58. The van der Waals surface area contributed by atoms with Crippen molar-refractivity contribution in [3.63, 3.8) is 0 Å². The monoisotopic (exact) mass is 440 g/mol. The van der Waals surface area contributed by atoms with Crippen LogP contribution in [0.2, 0.25) is 4.94 Å². The fourth-order valence-electron chi connectivity index (χ4n) is 4.53. The molecule has 124 valence electrons. The standard InChI is InChI=1S/C12H9.C12H8.CH3.Sn/c2*1-3-7-11(8-4-1)12-9-5-2-6-10-12;;/h1-9H;1-7,9H;1H3;. The van der Waals surface area contributed by atoms with Gasteiger partial charge in [-0.2, -0.15) is 0 Å². The second-order valence-electron chi connectivity index (χ2n) is 7.13. The van der Waals surface area contributed by atoms with Gasteiger partial charge in [0.2, 0.25) is 0 Å². The molecule has 0 saturated heterocycles. The van der Waals surface area contributed by atoms with Gasteiger partial charge in [-0.05, 0) is 0 Å². The summed E-state index contributed by atoms with van der Waals surface area (Å²) in [6, 6.07) is 38.1. The third-order valence-corrected chi connectivity index (χ3v) is 18.7. The summed E-state index contributed by atoms with van der Waals surface area (Å²) in [5, 5.41) is 0. The average molecular weight is 439 g/mol. The zero-order valence-electron chi connectivity index (χ0n) is 14.8. The molecule has 1 heterocycles. The Labute approximate surface area is 159 Å². The first kappa shape index (κ1) is 15.9. The molecule has 4 aromatic rings. The molecule has 26 heavy (non-hydrogen) atoms. The van der Waals surface area contributed by atoms with Crippen LogP contribution < -0.4 is 10.7 Å². The predicted molar refractivity (Wildman–Crippen MR) is 114 cm³/mol. The summed E-state index contributed by atoms with van der Waals surface area (Å²) in [4.78, 5) is 2.58. The van der Waals surface area contributed by atoms with Crippen molar-refractivity contribution in [2.75, 3.05) is 0 Å². The Hall–Kier alpha value is -2.32. The fourth-order valence-corrected chi connectivity index (χ4v) is 17.2. The molecule has 0 atom stereocenters. The van der Waals surface area contributed by atoms with Crippen LogP contribution in [0.25, 0.3) is 22.3 Å². The van der Waals surface area contributed by atoms with Crippen LogP contribution in [-0.4, -0.2) is 18.4 Å². The van der Waals surface area contributed by atoms with Gasteiger partial charge in [0, 0.05) is 0 Å². The van der Waals surface area contributed by atoms with Crippen LogP contribution in [0.1, 0.15) is 0 Å². The van der Waals surface area contributed by atoms with Crippen LogP contribution in [0.4, 0.5) is 0 Å². The molecule has 0 aromatic heterocycles. The van der Waals surface area contributed by atoms with Crippen molar-refractivity contribution < 1.29 is 0 Å². The minimum absolute atomic E-state index is 1.32. The molecule has 0 nitrogen and oxygen atoms in total. The van der Waals surface area contributed by atoms with Crippen molar-refractivity contribution >= 4 is 29.1 Å². The Bertz CT molecular complexity index is 1050. The van der Waals surface area contributed by atoms with E-state index in [1.165, 1.54) is 22.3 Å². The number of rotatable bonds is 2. The summed E-state index contributed by atoms with van der Waals surface area (Å²) in [6.45, 7) is 0. The first-order valence-electron chi connectivity index (χ1n) is 9.14. The molecule has 0 saturated carbocycles. The van der Waals surface area contributed by atoms with Gasteiger partial charge < -0.3 is 0 Å². The van der Waals surface area contributed by atoms with Gasteiger partial charge in [-0.3, -0.25) is 0 Å². The molecule has 0 spiro atoms. The number of fused-ring (bicyclic) bond motifs is 3. The van der Waals surface area contributed by atoms with Gasteiger partial charge in [0.25, 0.3) is 0 Å². The zero-order valence-corrected chi connectivity index (χ0v) is 17.7. The number of hydrogen-bond donors (Lipinski definition) is 0. The number of benzene rings is 4. The van der Waals surface area contributed by atoms with E-state index in [2.05, 4.69) is 108 Å². The van der Waals surface area contributed by atoms with E-state index >= 15 is 0 Å². The van der Waals surface area contributed by atoms with Crippen molar-refractivity contribution in [3.8, 4) is 22.3 Å². The quantitative estimate of drug-likeness (QED) is 0.406. The number of hydrogen-bond acceptors (Lipinski definition) is 0. The maximum absolute atomic E-state index is 2.99. The SMILES string of the molecule is [CH3][Sn]1([c]2ccccc2-c2ccccc2)[c]2ccccc2-c2cccc[c]21. The molecule has 0 N–H and O–H groups in total. The molecular weight excluding hydrogens is 419 g/mol. The third-order valence-electron chi connectivity index (χ3n) is 5.77. The Morgan fingerprint density at radius 1 is 0.423 bits per heavy atom. The second kappa shape index (κ2) is 6.14. The molecule has 1 aliphatic rings. The van der Waals surface area contributed by atoms with Gasteiger partial charge in [0.15, 0.2) is 0 Å². The third kappa shape index (κ3) is 2.22. The molecule has 5 rings (SSSR count). The van der Waals surface area contributed by atoms with E-state index in [0.717, 1.165) is 0 Å². The zero-order chi connectivity index (χ0) is 17.6. The summed E-state index contributed by atoms with van der Waals surface area (Å²) in [5.41, 5.74) is 5.62. The average Bonchev–Trinajstić information content (AvgIpc) is 2.99. The van der Waals surface area contributed by atoms with E-state index in [4.69, 9.17) is 0 Å². The predicted octanol–water partition coefficient (Wildman–Crippen LogP) is 4.43. The Morgan fingerprint density at radius 2 is 0.808 bits per heavy atom. The first-order valence-corrected chi connectivity index (χ1v) is 16.3. The molecular formula is C25H20Sn. The van der Waals surface area contributed by atoms with Crippen LogP contribution in [0.5, 0.6) is 0 Å². The van der Waals surface area contributed by atoms with Crippen LogP contribution in [0.15, 0.2) is 103 Å². The molecule has 1 heteroatoms. The first-order chi connectivity index (χ1) is 12.8. The van der Waals surface area contributed by atoms with E-state index < -0.39 is 18.4 Å². The molecule has 0 unspecified atom stereocenters. The van der Waals surface area contributed by atoms with E-state index in [-0.39, 0.29) is 0 Å². The van der Waals surface area contributed by atoms with Gasteiger partial charge >= 0.3 is 159 Å². The topological polar surface area (TPSA) is 0 Å². The minimum atomic E-state index is -2.99. The summed E-state index contributed by atoms with van der Waals surface area (Å²) < 4.78 is 4.78. The summed E-state index contributed by atoms with van der Waals surface area (Å²) in [6.07, 6.45) is 0. The summed E-state index contributed by atoms with van der Waals surface area (Å²) >= 11 is -2.99. The van der Waals surface area contributed by atoms with Crippen molar-refractivity contribution in [1.82, 2.24) is 0 Å². The fraction of sp³-hybridized carbons (Fsp3) is 0.0400. The van der Waals surface area contributed by atoms with E-state index in [9.17, 15) is 0 Å². The molecule has 1 aliphatic heterocycles. The van der Waals surface area contributed by atoms with E-state index in [0.29, 0.717) is 0 Å². The van der Waals surface area contributed by atoms with Crippen molar-refractivity contribution in [2.24, 2.45) is 0 Å². The van der Waals surface area contributed by atoms with Gasteiger partial charge in [0.1, 0.15) is 0 Å². The van der Waals surface area contributed by atoms with Crippen LogP contribution in [0.3, 0.4) is 0 Å². The molecule has 0 bridgehead atoms. The molecule has 0 aliphatic carbocycles. The van der Waals surface area contributed by atoms with E-state index in [1.807, 2.05) is 0 Å². The van der Waals surface area contributed by atoms with Gasteiger partial charge in [0.05, 0.1) is 0 Å². The van der Waals surface area contributed by atoms with Crippen LogP contribution in [-0.2, 0) is 0 Å². The van der Waals surface area contributed by atoms with Crippen molar-refractivity contribution in [1.29, 1.82) is 0 Å². The summed E-state index contributed by atoms with van der Waals surface area (Å²) in [7, 11) is 0. The molecule has 0 fully saturated rings. The van der Waals surface area contributed by atoms with Gasteiger partial charge in [-0.25, -0.2) is 0 Å². The molecule has 4 aromatic carbocycles. The molecule has 0 amide bonds.